The van der Waals surface area contributed by atoms with E-state index in [1.54, 1.807) is 22.4 Å². The number of aldehydes is 1. The maximum absolute atomic E-state index is 12.2. The van der Waals surface area contributed by atoms with E-state index in [4.69, 9.17) is 4.74 Å². The monoisotopic (exact) mass is 408 g/mol. The van der Waals surface area contributed by atoms with Gasteiger partial charge in [-0.05, 0) is 49.2 Å². The second-order valence-electron chi connectivity index (χ2n) is 6.56. The van der Waals surface area contributed by atoms with Gasteiger partial charge in [0, 0.05) is 17.9 Å². The zero-order chi connectivity index (χ0) is 21.0. The fraction of sp³-hybridized carbons (Fsp3) is 0.182. The number of nitrogens with zero attached hydrogens (tertiary/aromatic N) is 2. The molecule has 7 heteroatoms. The van der Waals surface area contributed by atoms with Gasteiger partial charge in [0.2, 0.25) is 5.91 Å². The molecule has 0 saturated carbocycles. The Bertz CT molecular complexity index is 1060. The summed E-state index contributed by atoms with van der Waals surface area (Å²) in [5.74, 6) is -0.656. The Morgan fingerprint density at radius 3 is 2.45 bits per heavy atom. The number of thiazole rings is 1. The van der Waals surface area contributed by atoms with Crippen molar-refractivity contribution in [3.8, 4) is 0 Å². The zero-order valence-corrected chi connectivity index (χ0v) is 17.2. The molecule has 0 aliphatic rings. The molecule has 0 unspecified atom stereocenters. The minimum Gasteiger partial charge on any atom is -0.456 e. The predicted molar refractivity (Wildman–Crippen MR) is 112 cm³/mol. The summed E-state index contributed by atoms with van der Waals surface area (Å²) in [5.41, 5.74) is 4.37. The van der Waals surface area contributed by atoms with Gasteiger partial charge in [-0.1, -0.05) is 18.2 Å². The van der Waals surface area contributed by atoms with Crippen LogP contribution < -0.4 is 4.90 Å². The molecule has 1 aromatic heterocycles. The Balaban J connectivity index is 1.72. The van der Waals surface area contributed by atoms with Crippen LogP contribution in [0.25, 0.3) is 0 Å². The van der Waals surface area contributed by atoms with Gasteiger partial charge in [-0.2, -0.15) is 0 Å². The fourth-order valence-corrected chi connectivity index (χ4v) is 3.55. The van der Waals surface area contributed by atoms with E-state index in [0.717, 1.165) is 16.8 Å². The van der Waals surface area contributed by atoms with Gasteiger partial charge in [-0.25, -0.2) is 9.78 Å². The molecule has 3 aromatic rings. The first-order chi connectivity index (χ1) is 13.9. The van der Waals surface area contributed by atoms with Crippen molar-refractivity contribution in [2.24, 2.45) is 0 Å². The molecule has 0 spiro atoms. The fourth-order valence-electron chi connectivity index (χ4n) is 2.68. The Labute approximate surface area is 172 Å². The lowest BCUT2D eigenvalue weighted by molar-refractivity contribution is -0.115. The third-order valence-electron chi connectivity index (χ3n) is 4.43. The topological polar surface area (TPSA) is 76.6 Å². The molecule has 0 aliphatic carbocycles. The van der Waals surface area contributed by atoms with E-state index in [9.17, 15) is 14.4 Å². The molecule has 148 valence electrons. The average Bonchev–Trinajstić information content (AvgIpc) is 3.17. The summed E-state index contributed by atoms with van der Waals surface area (Å²) in [4.78, 5) is 41.1. The second-order valence-corrected chi connectivity index (χ2v) is 7.40. The van der Waals surface area contributed by atoms with Crippen molar-refractivity contribution < 1.29 is 19.1 Å². The lowest BCUT2D eigenvalue weighted by atomic mass is 10.1. The minimum absolute atomic E-state index is 0.0105. The molecular formula is C22H20N2O4S. The number of aromatic nitrogens is 1. The smallest absolute Gasteiger partial charge is 0.338 e. The largest absolute Gasteiger partial charge is 0.456 e. The first-order valence-corrected chi connectivity index (χ1v) is 9.81. The van der Waals surface area contributed by atoms with E-state index in [1.807, 2.05) is 32.0 Å². The summed E-state index contributed by atoms with van der Waals surface area (Å²) in [7, 11) is 0. The van der Waals surface area contributed by atoms with Crippen molar-refractivity contribution in [3.05, 3.63) is 75.8 Å². The molecule has 6 nitrogen and oxygen atoms in total. The van der Waals surface area contributed by atoms with Crippen LogP contribution in [0.2, 0.25) is 0 Å². The molecule has 0 atom stereocenters. The number of hydrogen-bond acceptors (Lipinski definition) is 6. The Morgan fingerprint density at radius 2 is 1.83 bits per heavy atom. The van der Waals surface area contributed by atoms with Crippen LogP contribution in [0.1, 0.15) is 44.5 Å². The van der Waals surface area contributed by atoms with Crippen LogP contribution in [0.15, 0.2) is 47.8 Å². The van der Waals surface area contributed by atoms with E-state index in [0.29, 0.717) is 28.2 Å². The van der Waals surface area contributed by atoms with Crippen LogP contribution >= 0.6 is 11.3 Å². The van der Waals surface area contributed by atoms with E-state index in [2.05, 4.69) is 4.98 Å². The predicted octanol–water partition coefficient (Wildman–Crippen LogP) is 4.61. The van der Waals surface area contributed by atoms with E-state index < -0.39 is 5.97 Å². The number of aryl methyl sites for hydroxylation is 2. The normalized spacial score (nSPS) is 10.4. The molecule has 0 N–H and O–H groups in total. The van der Waals surface area contributed by atoms with Crippen LogP contribution in [0, 0.1) is 13.8 Å². The molecule has 0 radical (unpaired) electrons. The first-order valence-electron chi connectivity index (χ1n) is 8.93. The number of esters is 1. The van der Waals surface area contributed by atoms with Crippen LogP contribution in [-0.2, 0) is 16.1 Å². The number of anilines is 2. The van der Waals surface area contributed by atoms with Gasteiger partial charge < -0.3 is 4.74 Å². The van der Waals surface area contributed by atoms with Gasteiger partial charge in [0.1, 0.15) is 12.9 Å². The highest BCUT2D eigenvalue weighted by molar-refractivity contribution is 7.14. The summed E-state index contributed by atoms with van der Waals surface area (Å²) in [6.45, 7) is 5.48. The highest BCUT2D eigenvalue weighted by atomic mass is 32.1. The molecule has 0 aliphatic heterocycles. The third kappa shape index (κ3) is 4.75. The molecular weight excluding hydrogens is 388 g/mol. The number of amides is 1. The van der Waals surface area contributed by atoms with E-state index >= 15 is 0 Å². The maximum Gasteiger partial charge on any atom is 0.338 e. The third-order valence-corrected chi connectivity index (χ3v) is 5.30. The molecule has 0 saturated heterocycles. The number of hydrogen-bond donors (Lipinski definition) is 0. The molecule has 0 fully saturated rings. The van der Waals surface area contributed by atoms with Gasteiger partial charge >= 0.3 is 5.97 Å². The quantitative estimate of drug-likeness (QED) is 0.440. The van der Waals surface area contributed by atoms with Gasteiger partial charge in [0.15, 0.2) is 5.13 Å². The number of ether oxygens (including phenoxy) is 1. The van der Waals surface area contributed by atoms with E-state index in [-0.39, 0.29) is 12.5 Å². The second kappa shape index (κ2) is 8.79. The Hall–Kier alpha value is -3.32. The maximum atomic E-state index is 12.2. The van der Waals surface area contributed by atoms with Gasteiger partial charge in [-0.3, -0.25) is 14.5 Å². The standard InChI is InChI=1S/C22H20N2O4S/c1-14-4-9-20(10-15(14)2)24(16(3)26)22-23-19(13-29-22)12-28-21(27)18-7-5-17(11-25)6-8-18/h4-11,13H,12H2,1-3H3. The lowest BCUT2D eigenvalue weighted by Gasteiger charge is -2.19. The highest BCUT2D eigenvalue weighted by Crippen LogP contribution is 2.30. The van der Waals surface area contributed by atoms with Gasteiger partial charge in [0.25, 0.3) is 0 Å². The van der Waals surface area contributed by atoms with Crippen LogP contribution in [0.3, 0.4) is 0 Å². The Kier molecular flexibility index (Phi) is 6.19. The number of benzene rings is 2. The van der Waals surface area contributed by atoms with Gasteiger partial charge in [-0.15, -0.1) is 11.3 Å². The van der Waals surface area contributed by atoms with Crippen LogP contribution in [0.4, 0.5) is 10.8 Å². The average molecular weight is 408 g/mol. The zero-order valence-electron chi connectivity index (χ0n) is 16.3. The van der Waals surface area contributed by atoms with Crippen LogP contribution in [-0.4, -0.2) is 23.1 Å². The molecule has 29 heavy (non-hydrogen) atoms. The summed E-state index contributed by atoms with van der Waals surface area (Å²) in [6.07, 6.45) is 0.711. The van der Waals surface area contributed by atoms with Gasteiger partial charge in [0.05, 0.1) is 16.9 Å². The van der Waals surface area contributed by atoms with Crippen molar-refractivity contribution in [3.63, 3.8) is 0 Å². The summed E-state index contributed by atoms with van der Waals surface area (Å²) in [6, 6.07) is 12.0. The molecule has 1 heterocycles. The molecule has 3 rings (SSSR count). The van der Waals surface area contributed by atoms with Crippen molar-refractivity contribution in [2.45, 2.75) is 27.4 Å². The Morgan fingerprint density at radius 1 is 1.10 bits per heavy atom. The molecule has 1 amide bonds. The lowest BCUT2D eigenvalue weighted by Crippen LogP contribution is -2.22. The summed E-state index contributed by atoms with van der Waals surface area (Å²) >= 11 is 1.31. The van der Waals surface area contributed by atoms with Crippen molar-refractivity contribution in [1.82, 2.24) is 4.98 Å². The first kappa shape index (κ1) is 20.4. The highest BCUT2D eigenvalue weighted by Gasteiger charge is 2.19. The van der Waals surface area contributed by atoms with E-state index in [1.165, 1.54) is 30.4 Å². The summed E-state index contributed by atoms with van der Waals surface area (Å²) in [5, 5.41) is 2.27. The molecule has 0 bridgehead atoms. The number of carbonyl (C=O) groups excluding carboxylic acids is 3. The van der Waals surface area contributed by atoms with Crippen molar-refractivity contribution in [2.75, 3.05) is 4.90 Å². The van der Waals surface area contributed by atoms with Crippen molar-refractivity contribution >= 4 is 40.3 Å². The SMILES string of the molecule is CC(=O)N(c1ccc(C)c(C)c1)c1nc(COC(=O)c2ccc(C=O)cc2)cs1. The number of carbonyl (C=O) groups is 3. The molecule has 2 aromatic carbocycles. The van der Waals surface area contributed by atoms with Crippen molar-refractivity contribution in [1.29, 1.82) is 0 Å². The summed E-state index contributed by atoms with van der Waals surface area (Å²) < 4.78 is 5.30. The number of rotatable bonds is 6. The minimum atomic E-state index is -0.505. The van der Waals surface area contributed by atoms with Crippen LogP contribution in [0.5, 0.6) is 0 Å².